The lowest BCUT2D eigenvalue weighted by Crippen LogP contribution is -2.47. The predicted octanol–water partition coefficient (Wildman–Crippen LogP) is 1.63. The second kappa shape index (κ2) is 7.02. The van der Waals surface area contributed by atoms with Gasteiger partial charge in [-0.05, 0) is 18.2 Å². The van der Waals surface area contributed by atoms with Crippen LogP contribution in [-0.4, -0.2) is 61.4 Å². The molecule has 21 heavy (non-hydrogen) atoms. The Kier molecular flexibility index (Phi) is 5.33. The summed E-state index contributed by atoms with van der Waals surface area (Å²) in [5.74, 6) is -1.27. The summed E-state index contributed by atoms with van der Waals surface area (Å²) in [5, 5.41) is 9.06. The first-order chi connectivity index (χ1) is 10.0. The standard InChI is InChI=1S/C14H16BrNO5/c1-20-8-12-7-16(2-3-21-12)13(17)9-4-10(14(18)19)6-11(15)5-9/h4-6,12H,2-3,7-8H2,1H3,(H,18,19). The molecular formula is C14H16BrNO5. The number of nitrogens with zero attached hydrogens (tertiary/aromatic N) is 1. The number of hydrogen-bond acceptors (Lipinski definition) is 4. The van der Waals surface area contributed by atoms with Crippen LogP contribution >= 0.6 is 15.9 Å². The highest BCUT2D eigenvalue weighted by Gasteiger charge is 2.25. The van der Waals surface area contributed by atoms with Gasteiger partial charge in [-0.1, -0.05) is 15.9 Å². The molecule has 0 aromatic heterocycles. The van der Waals surface area contributed by atoms with Crippen LogP contribution in [0.5, 0.6) is 0 Å². The maximum Gasteiger partial charge on any atom is 0.335 e. The maximum absolute atomic E-state index is 12.5. The van der Waals surface area contributed by atoms with Crippen LogP contribution in [0, 0.1) is 0 Å². The van der Waals surface area contributed by atoms with Gasteiger partial charge in [-0.2, -0.15) is 0 Å². The Hall–Kier alpha value is -1.44. The number of rotatable bonds is 4. The number of ether oxygens (including phenoxy) is 2. The third-order valence-corrected chi connectivity index (χ3v) is 3.63. The van der Waals surface area contributed by atoms with E-state index < -0.39 is 5.97 Å². The summed E-state index contributed by atoms with van der Waals surface area (Å²) >= 11 is 3.23. The normalized spacial score (nSPS) is 18.6. The quantitative estimate of drug-likeness (QED) is 0.886. The van der Waals surface area contributed by atoms with Crippen molar-refractivity contribution >= 4 is 27.8 Å². The van der Waals surface area contributed by atoms with Crippen molar-refractivity contribution in [1.82, 2.24) is 4.90 Å². The molecule has 1 aliphatic heterocycles. The minimum Gasteiger partial charge on any atom is -0.478 e. The maximum atomic E-state index is 12.5. The van der Waals surface area contributed by atoms with E-state index in [0.29, 0.717) is 36.3 Å². The number of benzene rings is 1. The average molecular weight is 358 g/mol. The molecule has 1 N–H and O–H groups in total. The van der Waals surface area contributed by atoms with Gasteiger partial charge in [0.25, 0.3) is 5.91 Å². The molecule has 114 valence electrons. The largest absolute Gasteiger partial charge is 0.478 e. The number of carbonyl (C=O) groups excluding carboxylic acids is 1. The molecule has 1 heterocycles. The van der Waals surface area contributed by atoms with Crippen molar-refractivity contribution < 1.29 is 24.2 Å². The van der Waals surface area contributed by atoms with E-state index in [1.807, 2.05) is 0 Å². The zero-order chi connectivity index (χ0) is 15.4. The van der Waals surface area contributed by atoms with Crippen LogP contribution in [0.4, 0.5) is 0 Å². The van der Waals surface area contributed by atoms with E-state index >= 15 is 0 Å². The topological polar surface area (TPSA) is 76.1 Å². The van der Waals surface area contributed by atoms with Crippen molar-refractivity contribution in [3.05, 3.63) is 33.8 Å². The number of carbonyl (C=O) groups is 2. The Morgan fingerprint density at radius 1 is 1.43 bits per heavy atom. The molecule has 1 aromatic rings. The van der Waals surface area contributed by atoms with Crippen LogP contribution in [0.25, 0.3) is 0 Å². The molecule has 0 radical (unpaired) electrons. The third kappa shape index (κ3) is 4.03. The lowest BCUT2D eigenvalue weighted by molar-refractivity contribution is -0.0531. The Morgan fingerprint density at radius 2 is 2.14 bits per heavy atom. The molecule has 0 spiro atoms. The Balaban J connectivity index is 2.17. The van der Waals surface area contributed by atoms with Gasteiger partial charge >= 0.3 is 5.97 Å². The zero-order valence-electron chi connectivity index (χ0n) is 11.5. The number of morpholine rings is 1. The van der Waals surface area contributed by atoms with Crippen molar-refractivity contribution in [3.8, 4) is 0 Å². The summed E-state index contributed by atoms with van der Waals surface area (Å²) < 4.78 is 11.1. The zero-order valence-corrected chi connectivity index (χ0v) is 13.1. The number of carboxylic acid groups (broad SMARTS) is 1. The van der Waals surface area contributed by atoms with Crippen LogP contribution in [0.15, 0.2) is 22.7 Å². The fraction of sp³-hybridized carbons (Fsp3) is 0.429. The Labute approximate surface area is 130 Å². The van der Waals surface area contributed by atoms with Gasteiger partial charge in [0, 0.05) is 30.2 Å². The molecule has 1 atom stereocenters. The number of methoxy groups -OCH3 is 1. The van der Waals surface area contributed by atoms with Gasteiger partial charge < -0.3 is 19.5 Å². The Morgan fingerprint density at radius 3 is 2.81 bits per heavy atom. The fourth-order valence-corrected chi connectivity index (χ4v) is 2.70. The van der Waals surface area contributed by atoms with E-state index in [2.05, 4.69) is 15.9 Å². The van der Waals surface area contributed by atoms with E-state index in [1.54, 1.807) is 18.1 Å². The van der Waals surface area contributed by atoms with Gasteiger partial charge in [0.2, 0.25) is 0 Å². The molecule has 1 amide bonds. The molecule has 7 heteroatoms. The molecular weight excluding hydrogens is 342 g/mol. The van der Waals surface area contributed by atoms with Gasteiger partial charge in [-0.25, -0.2) is 4.79 Å². The first-order valence-electron chi connectivity index (χ1n) is 6.45. The van der Waals surface area contributed by atoms with Gasteiger partial charge in [-0.3, -0.25) is 4.79 Å². The minimum absolute atomic E-state index is 0.0782. The van der Waals surface area contributed by atoms with Crippen molar-refractivity contribution in [1.29, 1.82) is 0 Å². The van der Waals surface area contributed by atoms with E-state index in [1.165, 1.54) is 12.1 Å². The highest BCUT2D eigenvalue weighted by molar-refractivity contribution is 9.10. The molecule has 1 saturated heterocycles. The summed E-state index contributed by atoms with van der Waals surface area (Å²) in [6.45, 7) is 1.78. The van der Waals surface area contributed by atoms with Crippen LogP contribution in [-0.2, 0) is 9.47 Å². The summed E-state index contributed by atoms with van der Waals surface area (Å²) in [6, 6.07) is 4.47. The fourth-order valence-electron chi connectivity index (χ4n) is 2.21. The molecule has 1 unspecified atom stereocenters. The van der Waals surface area contributed by atoms with Crippen molar-refractivity contribution in [2.45, 2.75) is 6.10 Å². The highest BCUT2D eigenvalue weighted by Crippen LogP contribution is 2.19. The second-order valence-corrected chi connectivity index (χ2v) is 5.65. The van der Waals surface area contributed by atoms with E-state index in [4.69, 9.17) is 14.6 Å². The lowest BCUT2D eigenvalue weighted by Gasteiger charge is -2.32. The number of hydrogen-bond donors (Lipinski definition) is 1. The molecule has 1 aromatic carbocycles. The molecule has 0 saturated carbocycles. The first kappa shape index (κ1) is 15.9. The monoisotopic (exact) mass is 357 g/mol. The summed E-state index contributed by atoms with van der Waals surface area (Å²) in [6.07, 6.45) is -0.154. The van der Waals surface area contributed by atoms with Gasteiger partial charge in [-0.15, -0.1) is 0 Å². The highest BCUT2D eigenvalue weighted by atomic mass is 79.9. The molecule has 0 bridgehead atoms. The average Bonchev–Trinajstić information content (AvgIpc) is 2.46. The first-order valence-corrected chi connectivity index (χ1v) is 7.24. The van der Waals surface area contributed by atoms with E-state index in [-0.39, 0.29) is 17.6 Å². The second-order valence-electron chi connectivity index (χ2n) is 4.73. The summed E-state index contributed by atoms with van der Waals surface area (Å²) in [4.78, 5) is 25.2. The van der Waals surface area contributed by atoms with Gasteiger partial charge in [0.1, 0.15) is 0 Å². The number of carboxylic acids is 1. The van der Waals surface area contributed by atoms with Crippen LogP contribution in [0.3, 0.4) is 0 Å². The molecule has 1 fully saturated rings. The molecule has 0 aliphatic carbocycles. The van der Waals surface area contributed by atoms with Crippen LogP contribution in [0.1, 0.15) is 20.7 Å². The predicted molar refractivity (Wildman–Crippen MR) is 78.6 cm³/mol. The molecule has 6 nitrogen and oxygen atoms in total. The lowest BCUT2D eigenvalue weighted by atomic mass is 10.1. The van der Waals surface area contributed by atoms with E-state index in [0.717, 1.165) is 0 Å². The number of amides is 1. The minimum atomic E-state index is -1.07. The number of aromatic carboxylic acids is 1. The number of halogens is 1. The SMILES string of the molecule is COCC1CN(C(=O)c2cc(Br)cc(C(=O)O)c2)CCO1. The van der Waals surface area contributed by atoms with Crippen molar-refractivity contribution in [2.24, 2.45) is 0 Å². The van der Waals surface area contributed by atoms with Gasteiger partial charge in [0.05, 0.1) is 24.9 Å². The van der Waals surface area contributed by atoms with Crippen LogP contribution < -0.4 is 0 Å². The third-order valence-electron chi connectivity index (χ3n) is 3.17. The van der Waals surface area contributed by atoms with E-state index in [9.17, 15) is 9.59 Å². The molecule has 2 rings (SSSR count). The smallest absolute Gasteiger partial charge is 0.335 e. The summed E-state index contributed by atoms with van der Waals surface area (Å²) in [5.41, 5.74) is 0.425. The van der Waals surface area contributed by atoms with Crippen molar-refractivity contribution in [3.63, 3.8) is 0 Å². The van der Waals surface area contributed by atoms with Crippen LogP contribution in [0.2, 0.25) is 0 Å². The summed E-state index contributed by atoms with van der Waals surface area (Å²) in [7, 11) is 1.58. The van der Waals surface area contributed by atoms with Crippen molar-refractivity contribution in [2.75, 3.05) is 33.4 Å². The Bertz CT molecular complexity index is 546. The van der Waals surface area contributed by atoms with Gasteiger partial charge in [0.15, 0.2) is 0 Å². The molecule has 1 aliphatic rings.